The minimum absolute atomic E-state index is 0.128. The number of esters is 1. The number of hydrogen-bond acceptors (Lipinski definition) is 4. The van der Waals surface area contributed by atoms with E-state index in [2.05, 4.69) is 6.07 Å². The van der Waals surface area contributed by atoms with E-state index in [0.29, 0.717) is 19.4 Å². The van der Waals surface area contributed by atoms with E-state index in [-0.39, 0.29) is 12.0 Å². The number of hydrogen-bond donors (Lipinski definition) is 1. The smallest absolute Gasteiger partial charge is 0.305 e. The third-order valence-electron chi connectivity index (χ3n) is 3.33. The molecular weight excluding hydrogens is 242 g/mol. The summed E-state index contributed by atoms with van der Waals surface area (Å²) in [5, 5.41) is 0. The summed E-state index contributed by atoms with van der Waals surface area (Å²) >= 11 is 0. The first-order valence-electron chi connectivity index (χ1n) is 6.87. The van der Waals surface area contributed by atoms with Gasteiger partial charge in [0.05, 0.1) is 13.2 Å². The lowest BCUT2D eigenvalue weighted by Crippen LogP contribution is -2.15. The van der Waals surface area contributed by atoms with Crippen molar-refractivity contribution < 1.29 is 14.3 Å². The predicted octanol–water partition coefficient (Wildman–Crippen LogP) is 2.35. The van der Waals surface area contributed by atoms with Crippen molar-refractivity contribution in [2.45, 2.75) is 38.6 Å². The summed E-state index contributed by atoms with van der Waals surface area (Å²) in [6.07, 6.45) is 3.06. The van der Waals surface area contributed by atoms with Gasteiger partial charge >= 0.3 is 5.97 Å². The predicted molar refractivity (Wildman–Crippen MR) is 73.1 cm³/mol. The molecule has 0 aromatic heterocycles. The van der Waals surface area contributed by atoms with Gasteiger partial charge in [0, 0.05) is 12.5 Å². The van der Waals surface area contributed by atoms with Gasteiger partial charge in [-0.1, -0.05) is 12.1 Å². The number of fused-ring (bicyclic) bond motifs is 1. The van der Waals surface area contributed by atoms with Gasteiger partial charge in [-0.05, 0) is 43.4 Å². The van der Waals surface area contributed by atoms with Gasteiger partial charge in [-0.2, -0.15) is 0 Å². The first-order chi connectivity index (χ1) is 9.20. The third-order valence-corrected chi connectivity index (χ3v) is 3.33. The van der Waals surface area contributed by atoms with Gasteiger partial charge in [-0.25, -0.2) is 0 Å². The SMILES string of the molecule is CCOC(=O)CCC(N)c1ccc2c(c1)CCCO2. The van der Waals surface area contributed by atoms with Crippen molar-refractivity contribution in [3.8, 4) is 5.75 Å². The van der Waals surface area contributed by atoms with Crippen molar-refractivity contribution in [3.05, 3.63) is 29.3 Å². The maximum atomic E-state index is 11.3. The van der Waals surface area contributed by atoms with Crippen LogP contribution in [-0.2, 0) is 16.0 Å². The second kappa shape index (κ2) is 6.57. The highest BCUT2D eigenvalue weighted by Crippen LogP contribution is 2.28. The monoisotopic (exact) mass is 263 g/mol. The molecule has 4 heteroatoms. The van der Waals surface area contributed by atoms with Gasteiger partial charge in [-0.15, -0.1) is 0 Å². The Balaban J connectivity index is 1.95. The van der Waals surface area contributed by atoms with Crippen molar-refractivity contribution in [2.75, 3.05) is 13.2 Å². The molecule has 0 radical (unpaired) electrons. The van der Waals surface area contributed by atoms with Crippen molar-refractivity contribution >= 4 is 5.97 Å². The molecule has 1 aliphatic rings. The van der Waals surface area contributed by atoms with Crippen LogP contribution in [0.1, 0.15) is 43.4 Å². The van der Waals surface area contributed by atoms with Crippen molar-refractivity contribution in [1.29, 1.82) is 0 Å². The average molecular weight is 263 g/mol. The van der Waals surface area contributed by atoms with E-state index in [4.69, 9.17) is 15.2 Å². The molecule has 0 saturated heterocycles. The van der Waals surface area contributed by atoms with Crippen LogP contribution in [0.2, 0.25) is 0 Å². The molecule has 1 heterocycles. The minimum Gasteiger partial charge on any atom is -0.493 e. The van der Waals surface area contributed by atoms with Gasteiger partial charge < -0.3 is 15.2 Å². The van der Waals surface area contributed by atoms with Crippen LogP contribution in [0.15, 0.2) is 18.2 Å². The molecule has 0 saturated carbocycles. The van der Waals surface area contributed by atoms with E-state index in [0.717, 1.165) is 30.8 Å². The molecule has 0 spiro atoms. The van der Waals surface area contributed by atoms with Gasteiger partial charge in [0.2, 0.25) is 0 Å². The van der Waals surface area contributed by atoms with Crippen LogP contribution in [0.25, 0.3) is 0 Å². The highest BCUT2D eigenvalue weighted by Gasteiger charge is 2.14. The van der Waals surface area contributed by atoms with Crippen LogP contribution < -0.4 is 10.5 Å². The number of carbonyl (C=O) groups is 1. The second-order valence-corrected chi connectivity index (χ2v) is 4.77. The molecule has 0 aliphatic carbocycles. The standard InChI is InChI=1S/C15H21NO3/c1-2-18-15(17)8-6-13(16)11-5-7-14-12(10-11)4-3-9-19-14/h5,7,10,13H,2-4,6,8-9,16H2,1H3. The largest absolute Gasteiger partial charge is 0.493 e. The molecule has 1 aromatic carbocycles. The van der Waals surface area contributed by atoms with Crippen LogP contribution in [0.5, 0.6) is 5.75 Å². The molecule has 2 N–H and O–H groups in total. The zero-order valence-corrected chi connectivity index (χ0v) is 11.4. The Morgan fingerprint density at radius 2 is 2.37 bits per heavy atom. The first-order valence-corrected chi connectivity index (χ1v) is 6.87. The number of nitrogens with two attached hydrogens (primary N) is 1. The lowest BCUT2D eigenvalue weighted by molar-refractivity contribution is -0.143. The fraction of sp³-hybridized carbons (Fsp3) is 0.533. The second-order valence-electron chi connectivity index (χ2n) is 4.77. The zero-order chi connectivity index (χ0) is 13.7. The molecule has 2 rings (SSSR count). The summed E-state index contributed by atoms with van der Waals surface area (Å²) in [6, 6.07) is 5.94. The molecule has 4 nitrogen and oxygen atoms in total. The maximum Gasteiger partial charge on any atom is 0.305 e. The number of ether oxygens (including phenoxy) is 2. The Labute approximate surface area is 113 Å². The average Bonchev–Trinajstić information content (AvgIpc) is 2.44. The molecule has 1 unspecified atom stereocenters. The fourth-order valence-corrected chi connectivity index (χ4v) is 2.28. The highest BCUT2D eigenvalue weighted by atomic mass is 16.5. The van der Waals surface area contributed by atoms with Crippen LogP contribution in [-0.4, -0.2) is 19.2 Å². The molecular formula is C15H21NO3. The lowest BCUT2D eigenvalue weighted by Gasteiger charge is -2.19. The van der Waals surface area contributed by atoms with Crippen LogP contribution in [0, 0.1) is 0 Å². The quantitative estimate of drug-likeness (QED) is 0.828. The maximum absolute atomic E-state index is 11.3. The Morgan fingerprint density at radius 3 is 3.16 bits per heavy atom. The zero-order valence-electron chi connectivity index (χ0n) is 11.4. The van der Waals surface area contributed by atoms with Crippen LogP contribution in [0.4, 0.5) is 0 Å². The van der Waals surface area contributed by atoms with Gasteiger partial charge in [-0.3, -0.25) is 4.79 Å². The Bertz CT molecular complexity index is 445. The number of benzene rings is 1. The van der Waals surface area contributed by atoms with E-state index in [9.17, 15) is 4.79 Å². The van der Waals surface area contributed by atoms with Crippen LogP contribution in [0.3, 0.4) is 0 Å². The third kappa shape index (κ3) is 3.70. The topological polar surface area (TPSA) is 61.5 Å². The van der Waals surface area contributed by atoms with Crippen molar-refractivity contribution in [1.82, 2.24) is 0 Å². The first kappa shape index (κ1) is 13.9. The molecule has 104 valence electrons. The summed E-state index contributed by atoms with van der Waals surface area (Å²) in [6.45, 7) is 3.02. The lowest BCUT2D eigenvalue weighted by atomic mass is 9.97. The summed E-state index contributed by atoms with van der Waals surface area (Å²) in [4.78, 5) is 11.3. The number of carbonyl (C=O) groups excluding carboxylic acids is 1. The molecule has 1 atom stereocenters. The molecule has 0 fully saturated rings. The Morgan fingerprint density at radius 1 is 1.53 bits per heavy atom. The van der Waals surface area contributed by atoms with E-state index in [1.165, 1.54) is 5.56 Å². The van der Waals surface area contributed by atoms with Crippen molar-refractivity contribution in [3.63, 3.8) is 0 Å². The molecule has 1 aliphatic heterocycles. The molecule has 19 heavy (non-hydrogen) atoms. The molecule has 0 bridgehead atoms. The summed E-state index contributed by atoms with van der Waals surface area (Å²) < 4.78 is 10.5. The summed E-state index contributed by atoms with van der Waals surface area (Å²) in [5.41, 5.74) is 8.41. The molecule has 0 amide bonds. The van der Waals surface area contributed by atoms with E-state index in [1.54, 1.807) is 6.92 Å². The Kier molecular flexibility index (Phi) is 4.80. The Hall–Kier alpha value is -1.55. The highest BCUT2D eigenvalue weighted by molar-refractivity contribution is 5.69. The summed E-state index contributed by atoms with van der Waals surface area (Å²) in [7, 11) is 0. The molecule has 1 aromatic rings. The number of rotatable bonds is 5. The van der Waals surface area contributed by atoms with E-state index >= 15 is 0 Å². The number of aryl methyl sites for hydroxylation is 1. The minimum atomic E-state index is -0.181. The van der Waals surface area contributed by atoms with Gasteiger partial charge in [0.1, 0.15) is 5.75 Å². The van der Waals surface area contributed by atoms with Gasteiger partial charge in [0.25, 0.3) is 0 Å². The van der Waals surface area contributed by atoms with Crippen LogP contribution >= 0.6 is 0 Å². The summed E-state index contributed by atoms with van der Waals surface area (Å²) in [5.74, 6) is 0.784. The van der Waals surface area contributed by atoms with Crippen molar-refractivity contribution in [2.24, 2.45) is 5.73 Å². The fourth-order valence-electron chi connectivity index (χ4n) is 2.28. The van der Waals surface area contributed by atoms with Gasteiger partial charge in [0.15, 0.2) is 0 Å². The normalized spacial score (nSPS) is 15.3. The van der Waals surface area contributed by atoms with E-state index < -0.39 is 0 Å². The van der Waals surface area contributed by atoms with E-state index in [1.807, 2.05) is 12.1 Å².